The molecule has 0 amide bonds. The third-order valence-electron chi connectivity index (χ3n) is 14.4. The Kier molecular flexibility index (Phi) is 9.56. The summed E-state index contributed by atoms with van der Waals surface area (Å²) < 4.78 is 12.2. The molecule has 7 N–H and O–H groups in total. The highest BCUT2D eigenvalue weighted by molar-refractivity contribution is 5.21. The lowest BCUT2D eigenvalue weighted by Crippen LogP contribution is -2.67. The number of aliphatic hydroxyl groups excluding tert-OH is 6. The molecule has 0 spiro atoms. The maximum absolute atomic E-state index is 12.0. The SMILES string of the molecule is CC(C)=CCCC(C)(O)C1C(O)CC2(C)C1C(O)CC1C3(C)CCC(OC4OC(CO)C(O)C(O)C4O)C(C)(C)C3CCC12C. The average Bonchev–Trinajstić information content (AvgIpc) is 3.24. The van der Waals surface area contributed by atoms with Gasteiger partial charge in [-0.3, -0.25) is 0 Å². The van der Waals surface area contributed by atoms with Crippen molar-refractivity contribution < 1.29 is 45.2 Å². The van der Waals surface area contributed by atoms with E-state index < -0.39 is 61.0 Å². The molecule has 5 aliphatic rings. The number of hydrogen-bond donors (Lipinski definition) is 7. The van der Waals surface area contributed by atoms with Gasteiger partial charge in [0.25, 0.3) is 0 Å². The molecule has 9 nitrogen and oxygen atoms in total. The van der Waals surface area contributed by atoms with E-state index in [1.54, 1.807) is 0 Å². The van der Waals surface area contributed by atoms with Crippen molar-refractivity contribution in [1.82, 2.24) is 0 Å². The molecule has 1 heterocycles. The van der Waals surface area contributed by atoms with Crippen LogP contribution in [0.5, 0.6) is 0 Å². The normalized spacial score (nSPS) is 52.2. The number of aliphatic hydroxyl groups is 7. The van der Waals surface area contributed by atoms with E-state index in [4.69, 9.17) is 9.47 Å². The Balaban J connectivity index is 1.40. The van der Waals surface area contributed by atoms with Gasteiger partial charge in [-0.15, -0.1) is 0 Å². The van der Waals surface area contributed by atoms with Crippen LogP contribution in [0, 0.1) is 45.3 Å². The van der Waals surface area contributed by atoms with Gasteiger partial charge in [-0.25, -0.2) is 0 Å². The summed E-state index contributed by atoms with van der Waals surface area (Å²) in [6.07, 6.45) is -0.0947. The summed E-state index contributed by atoms with van der Waals surface area (Å²) in [4.78, 5) is 0. The number of hydrogen-bond acceptors (Lipinski definition) is 9. The Bertz CT molecular complexity index is 1100. The van der Waals surface area contributed by atoms with Crippen LogP contribution in [0.4, 0.5) is 0 Å². The van der Waals surface area contributed by atoms with Crippen LogP contribution in [0.1, 0.15) is 107 Å². The third-order valence-corrected chi connectivity index (χ3v) is 14.4. The molecule has 0 bridgehead atoms. The molecule has 260 valence electrons. The van der Waals surface area contributed by atoms with Crippen LogP contribution < -0.4 is 0 Å². The van der Waals surface area contributed by atoms with Crippen molar-refractivity contribution in [2.24, 2.45) is 45.3 Å². The number of rotatable bonds is 7. The van der Waals surface area contributed by atoms with Gasteiger partial charge in [0, 0.05) is 5.92 Å². The number of ether oxygens (including phenoxy) is 2. The summed E-state index contributed by atoms with van der Waals surface area (Å²) in [5, 5.41) is 76.4. The second kappa shape index (κ2) is 12.1. The fraction of sp³-hybridized carbons (Fsp3) is 0.944. The molecule has 0 aromatic rings. The van der Waals surface area contributed by atoms with Crippen molar-refractivity contribution in [3.8, 4) is 0 Å². The highest BCUT2D eigenvalue weighted by Crippen LogP contribution is 2.76. The summed E-state index contributed by atoms with van der Waals surface area (Å²) in [7, 11) is 0. The van der Waals surface area contributed by atoms with Gasteiger partial charge in [-0.1, -0.05) is 46.3 Å². The molecule has 1 aliphatic heterocycles. The van der Waals surface area contributed by atoms with Crippen LogP contribution in [0.25, 0.3) is 0 Å². The van der Waals surface area contributed by atoms with Gasteiger partial charge in [0.2, 0.25) is 0 Å². The molecule has 45 heavy (non-hydrogen) atoms. The van der Waals surface area contributed by atoms with Crippen LogP contribution in [0.3, 0.4) is 0 Å². The van der Waals surface area contributed by atoms with Gasteiger partial charge in [0.15, 0.2) is 6.29 Å². The zero-order valence-corrected chi connectivity index (χ0v) is 28.8. The zero-order valence-electron chi connectivity index (χ0n) is 28.8. The predicted octanol–water partition coefficient (Wildman–Crippen LogP) is 3.30. The first-order chi connectivity index (χ1) is 20.8. The van der Waals surface area contributed by atoms with E-state index >= 15 is 0 Å². The van der Waals surface area contributed by atoms with Crippen LogP contribution >= 0.6 is 0 Å². The van der Waals surface area contributed by atoms with Gasteiger partial charge in [0.1, 0.15) is 24.4 Å². The molecule has 0 aromatic heterocycles. The second-order valence-electron chi connectivity index (χ2n) is 17.5. The lowest BCUT2D eigenvalue weighted by atomic mass is 9.35. The molecule has 1 saturated heterocycles. The van der Waals surface area contributed by atoms with E-state index in [-0.39, 0.29) is 45.5 Å². The second-order valence-corrected chi connectivity index (χ2v) is 17.5. The van der Waals surface area contributed by atoms with Crippen LogP contribution in [0.2, 0.25) is 0 Å². The van der Waals surface area contributed by atoms with E-state index in [1.165, 1.54) is 5.57 Å². The van der Waals surface area contributed by atoms with Crippen molar-refractivity contribution in [1.29, 1.82) is 0 Å². The monoisotopic (exact) mass is 638 g/mol. The molecular weight excluding hydrogens is 576 g/mol. The molecule has 5 fully saturated rings. The molecule has 16 atom stereocenters. The third kappa shape index (κ3) is 5.48. The minimum absolute atomic E-state index is 0.115. The lowest BCUT2D eigenvalue weighted by Gasteiger charge is -2.70. The van der Waals surface area contributed by atoms with Gasteiger partial charge in [-0.05, 0) is 112 Å². The van der Waals surface area contributed by atoms with Crippen molar-refractivity contribution in [3.05, 3.63) is 11.6 Å². The summed E-state index contributed by atoms with van der Waals surface area (Å²) >= 11 is 0. The fourth-order valence-corrected chi connectivity index (χ4v) is 11.9. The van der Waals surface area contributed by atoms with E-state index in [0.29, 0.717) is 25.7 Å². The Labute approximate surface area is 270 Å². The molecule has 0 radical (unpaired) electrons. The lowest BCUT2D eigenvalue weighted by molar-refractivity contribution is -0.332. The molecule has 5 rings (SSSR count). The summed E-state index contributed by atoms with van der Waals surface area (Å²) in [5.41, 5.74) is -0.827. The summed E-state index contributed by atoms with van der Waals surface area (Å²) in [6.45, 7) is 16.9. The minimum Gasteiger partial charge on any atom is -0.394 e. The molecule has 4 aliphatic carbocycles. The average molecular weight is 639 g/mol. The predicted molar refractivity (Wildman–Crippen MR) is 170 cm³/mol. The Hall–Kier alpha value is -0.620. The molecule has 9 heteroatoms. The molecule has 4 saturated carbocycles. The van der Waals surface area contributed by atoms with Crippen molar-refractivity contribution >= 4 is 0 Å². The highest BCUT2D eigenvalue weighted by atomic mass is 16.7. The Morgan fingerprint density at radius 1 is 0.889 bits per heavy atom. The number of allylic oxidation sites excluding steroid dienone is 2. The Morgan fingerprint density at radius 3 is 2.18 bits per heavy atom. The van der Waals surface area contributed by atoms with Crippen LogP contribution in [-0.4, -0.2) is 97.0 Å². The summed E-state index contributed by atoms with van der Waals surface area (Å²) in [5.74, 6) is -0.151. The van der Waals surface area contributed by atoms with Crippen molar-refractivity contribution in [2.45, 2.75) is 161 Å². The van der Waals surface area contributed by atoms with Gasteiger partial charge >= 0.3 is 0 Å². The molecular formula is C36H62O9. The Morgan fingerprint density at radius 2 is 1.56 bits per heavy atom. The quantitative estimate of drug-likeness (QED) is 0.164. The van der Waals surface area contributed by atoms with Crippen LogP contribution in [-0.2, 0) is 9.47 Å². The maximum atomic E-state index is 12.0. The van der Waals surface area contributed by atoms with Crippen molar-refractivity contribution in [2.75, 3.05) is 6.61 Å². The highest BCUT2D eigenvalue weighted by Gasteiger charge is 2.73. The van der Waals surface area contributed by atoms with Gasteiger partial charge in [0.05, 0.1) is 30.5 Å². The van der Waals surface area contributed by atoms with Crippen LogP contribution in [0.15, 0.2) is 11.6 Å². The van der Waals surface area contributed by atoms with Gasteiger partial charge < -0.3 is 45.2 Å². The first-order valence-electron chi connectivity index (χ1n) is 17.4. The molecule has 0 aromatic carbocycles. The zero-order chi connectivity index (χ0) is 33.5. The van der Waals surface area contributed by atoms with E-state index in [1.807, 2.05) is 6.92 Å². The largest absolute Gasteiger partial charge is 0.394 e. The topological polar surface area (TPSA) is 160 Å². The molecule has 16 unspecified atom stereocenters. The minimum atomic E-state index is -1.48. The standard InChI is InChI=1S/C36H62O9/c1-19(2)10-9-13-36(8,43)27-21(39)17-35(7)26(27)20(38)16-24-33(5)14-12-25(32(3,4)23(33)11-15-34(24,35)6)45-31-30(42)29(41)28(40)22(18-37)44-31/h10,20-31,37-43H,9,11-18H2,1-8H3. The van der Waals surface area contributed by atoms with Crippen molar-refractivity contribution in [3.63, 3.8) is 0 Å². The maximum Gasteiger partial charge on any atom is 0.186 e. The fourth-order valence-electron chi connectivity index (χ4n) is 11.9. The summed E-state index contributed by atoms with van der Waals surface area (Å²) in [6, 6.07) is 0. The first-order valence-corrected chi connectivity index (χ1v) is 17.4. The number of fused-ring (bicyclic) bond motifs is 5. The van der Waals surface area contributed by atoms with Gasteiger partial charge in [-0.2, -0.15) is 0 Å². The van der Waals surface area contributed by atoms with E-state index in [9.17, 15) is 35.7 Å². The van der Waals surface area contributed by atoms with E-state index in [0.717, 1.165) is 25.7 Å². The first kappa shape index (κ1) is 35.7. The van der Waals surface area contributed by atoms with E-state index in [2.05, 4.69) is 54.5 Å². The smallest absolute Gasteiger partial charge is 0.186 e.